The quantitative estimate of drug-likeness (QED) is 0.716. The van der Waals surface area contributed by atoms with Gasteiger partial charge < -0.3 is 10.2 Å². The number of rotatable bonds is 0. The van der Waals surface area contributed by atoms with E-state index in [9.17, 15) is 4.79 Å². The molecule has 1 aliphatic heterocycles. The molecule has 3 rings (SSSR count). The Kier molecular flexibility index (Phi) is 1.93. The van der Waals surface area contributed by atoms with E-state index in [1.54, 1.807) is 12.3 Å². The Labute approximate surface area is 94.7 Å². The molecule has 2 aliphatic rings. The highest BCUT2D eigenvalue weighted by molar-refractivity contribution is 6.01. The first-order valence-corrected chi connectivity index (χ1v) is 5.74. The number of nitrogens with one attached hydrogen (secondary N) is 1. The largest absolute Gasteiger partial charge is 0.336 e. The Bertz CT molecular complexity index is 438. The molecule has 1 aromatic rings. The minimum atomic E-state index is -0.182. The SMILES string of the molecule is CN1c2ncccc2C(=O)NC12CCCC2. The van der Waals surface area contributed by atoms with Crippen LogP contribution in [0.4, 0.5) is 5.82 Å². The van der Waals surface area contributed by atoms with Crippen LogP contribution >= 0.6 is 0 Å². The van der Waals surface area contributed by atoms with Gasteiger partial charge in [0.15, 0.2) is 0 Å². The second-order valence-corrected chi connectivity index (χ2v) is 4.63. The van der Waals surface area contributed by atoms with Crippen molar-refractivity contribution in [2.75, 3.05) is 11.9 Å². The predicted molar refractivity (Wildman–Crippen MR) is 61.3 cm³/mol. The maximum absolute atomic E-state index is 12.0. The van der Waals surface area contributed by atoms with Gasteiger partial charge in [0.25, 0.3) is 5.91 Å². The van der Waals surface area contributed by atoms with E-state index in [1.165, 1.54) is 12.8 Å². The summed E-state index contributed by atoms with van der Waals surface area (Å²) in [6, 6.07) is 3.63. The van der Waals surface area contributed by atoms with Crippen LogP contribution in [0.25, 0.3) is 0 Å². The average molecular weight is 217 g/mol. The summed E-state index contributed by atoms with van der Waals surface area (Å²) < 4.78 is 0. The van der Waals surface area contributed by atoms with Gasteiger partial charge in [0.1, 0.15) is 11.5 Å². The fourth-order valence-electron chi connectivity index (χ4n) is 2.83. The monoisotopic (exact) mass is 217 g/mol. The van der Waals surface area contributed by atoms with Gasteiger partial charge in [-0.05, 0) is 37.8 Å². The molecule has 16 heavy (non-hydrogen) atoms. The van der Waals surface area contributed by atoms with Crippen LogP contribution in [0.15, 0.2) is 18.3 Å². The van der Waals surface area contributed by atoms with Crippen molar-refractivity contribution in [2.45, 2.75) is 31.3 Å². The molecule has 0 atom stereocenters. The Morgan fingerprint density at radius 2 is 2.19 bits per heavy atom. The highest BCUT2D eigenvalue weighted by Gasteiger charge is 2.44. The summed E-state index contributed by atoms with van der Waals surface area (Å²) in [4.78, 5) is 18.5. The van der Waals surface area contributed by atoms with Gasteiger partial charge in [-0.3, -0.25) is 4.79 Å². The highest BCUT2D eigenvalue weighted by Crippen LogP contribution is 2.38. The molecule has 1 amide bonds. The molecule has 0 aromatic carbocycles. The minimum absolute atomic E-state index is 0.0168. The van der Waals surface area contributed by atoms with Crippen LogP contribution in [0.2, 0.25) is 0 Å². The summed E-state index contributed by atoms with van der Waals surface area (Å²) in [6.07, 6.45) is 6.13. The lowest BCUT2D eigenvalue weighted by Crippen LogP contribution is -2.61. The molecule has 1 spiro atoms. The summed E-state index contributed by atoms with van der Waals surface area (Å²) in [5.74, 6) is 0.830. The first kappa shape index (κ1) is 9.63. The van der Waals surface area contributed by atoms with Gasteiger partial charge >= 0.3 is 0 Å². The van der Waals surface area contributed by atoms with Crippen molar-refractivity contribution >= 4 is 11.7 Å². The van der Waals surface area contributed by atoms with Crippen molar-refractivity contribution in [3.63, 3.8) is 0 Å². The number of fused-ring (bicyclic) bond motifs is 1. The van der Waals surface area contributed by atoms with Gasteiger partial charge in [0, 0.05) is 13.2 Å². The van der Waals surface area contributed by atoms with Crippen LogP contribution in [0.1, 0.15) is 36.0 Å². The van der Waals surface area contributed by atoms with Crippen molar-refractivity contribution in [3.05, 3.63) is 23.9 Å². The Morgan fingerprint density at radius 3 is 2.94 bits per heavy atom. The third-order valence-electron chi connectivity index (χ3n) is 3.77. The van der Waals surface area contributed by atoms with Crippen LogP contribution < -0.4 is 10.2 Å². The van der Waals surface area contributed by atoms with E-state index in [4.69, 9.17) is 0 Å². The first-order valence-electron chi connectivity index (χ1n) is 5.74. The number of nitrogens with zero attached hydrogens (tertiary/aromatic N) is 2. The van der Waals surface area contributed by atoms with Gasteiger partial charge in [0.2, 0.25) is 0 Å². The highest BCUT2D eigenvalue weighted by atomic mass is 16.2. The van der Waals surface area contributed by atoms with E-state index >= 15 is 0 Å². The van der Waals surface area contributed by atoms with Crippen molar-refractivity contribution in [2.24, 2.45) is 0 Å². The number of carbonyl (C=O) groups excluding carboxylic acids is 1. The molecule has 0 bridgehead atoms. The van der Waals surface area contributed by atoms with Crippen LogP contribution in [0.3, 0.4) is 0 Å². The zero-order valence-electron chi connectivity index (χ0n) is 9.36. The molecule has 84 valence electrons. The number of hydrogen-bond acceptors (Lipinski definition) is 3. The van der Waals surface area contributed by atoms with E-state index in [0.717, 1.165) is 18.7 Å². The van der Waals surface area contributed by atoms with E-state index in [0.29, 0.717) is 5.56 Å². The molecule has 0 unspecified atom stereocenters. The summed E-state index contributed by atoms with van der Waals surface area (Å²) in [5.41, 5.74) is 0.501. The smallest absolute Gasteiger partial charge is 0.256 e. The van der Waals surface area contributed by atoms with E-state index in [2.05, 4.69) is 15.2 Å². The number of carbonyl (C=O) groups is 1. The van der Waals surface area contributed by atoms with Crippen molar-refractivity contribution in [3.8, 4) is 0 Å². The van der Waals surface area contributed by atoms with Crippen molar-refractivity contribution in [1.29, 1.82) is 0 Å². The van der Waals surface area contributed by atoms with Crippen LogP contribution in [0, 0.1) is 0 Å². The van der Waals surface area contributed by atoms with Gasteiger partial charge in [-0.2, -0.15) is 0 Å². The number of aromatic nitrogens is 1. The molecule has 0 saturated heterocycles. The van der Waals surface area contributed by atoms with Gasteiger partial charge in [-0.15, -0.1) is 0 Å². The lowest BCUT2D eigenvalue weighted by atomic mass is 10.0. The maximum atomic E-state index is 12.0. The molecule has 1 aromatic heterocycles. The number of hydrogen-bond donors (Lipinski definition) is 1. The predicted octanol–water partition coefficient (Wildman–Crippen LogP) is 1.53. The zero-order valence-corrected chi connectivity index (χ0v) is 9.36. The molecule has 4 nitrogen and oxygen atoms in total. The molecule has 2 heterocycles. The van der Waals surface area contributed by atoms with Crippen LogP contribution in [-0.4, -0.2) is 23.6 Å². The van der Waals surface area contributed by atoms with Crippen molar-refractivity contribution in [1.82, 2.24) is 10.3 Å². The molecular formula is C12H15N3O. The molecule has 1 N–H and O–H groups in total. The summed E-state index contributed by atoms with van der Waals surface area (Å²) in [5, 5.41) is 3.14. The molecule has 1 saturated carbocycles. The van der Waals surface area contributed by atoms with E-state index < -0.39 is 0 Å². The fraction of sp³-hybridized carbons (Fsp3) is 0.500. The second-order valence-electron chi connectivity index (χ2n) is 4.63. The van der Waals surface area contributed by atoms with E-state index in [1.807, 2.05) is 13.1 Å². The Hall–Kier alpha value is -1.58. The lowest BCUT2D eigenvalue weighted by molar-refractivity contribution is 0.0884. The fourth-order valence-corrected chi connectivity index (χ4v) is 2.83. The topological polar surface area (TPSA) is 45.2 Å². The third kappa shape index (κ3) is 1.16. The Balaban J connectivity index is 2.10. The summed E-state index contributed by atoms with van der Waals surface area (Å²) >= 11 is 0. The normalized spacial score (nSPS) is 22.1. The molecule has 4 heteroatoms. The number of pyridine rings is 1. The minimum Gasteiger partial charge on any atom is -0.336 e. The third-order valence-corrected chi connectivity index (χ3v) is 3.77. The zero-order chi connectivity index (χ0) is 11.2. The van der Waals surface area contributed by atoms with Crippen LogP contribution in [0.5, 0.6) is 0 Å². The second kappa shape index (κ2) is 3.20. The maximum Gasteiger partial charge on any atom is 0.256 e. The average Bonchev–Trinajstić information content (AvgIpc) is 2.76. The molecule has 1 aliphatic carbocycles. The van der Waals surface area contributed by atoms with E-state index in [-0.39, 0.29) is 11.6 Å². The van der Waals surface area contributed by atoms with Gasteiger partial charge in [0.05, 0.1) is 5.56 Å². The standard InChI is InChI=1S/C12H15N3O/c1-15-10-9(5-4-8-13-10)11(16)14-12(15)6-2-3-7-12/h4-5,8H,2-3,6-7H2,1H3,(H,14,16). The molecule has 0 radical (unpaired) electrons. The molecule has 1 fully saturated rings. The molecular weight excluding hydrogens is 202 g/mol. The Morgan fingerprint density at radius 1 is 1.44 bits per heavy atom. The number of amides is 1. The van der Waals surface area contributed by atoms with Gasteiger partial charge in [-0.25, -0.2) is 4.98 Å². The lowest BCUT2D eigenvalue weighted by Gasteiger charge is -2.44. The first-order chi connectivity index (χ1) is 7.73. The summed E-state index contributed by atoms with van der Waals surface area (Å²) in [7, 11) is 2.02. The van der Waals surface area contributed by atoms with Gasteiger partial charge in [-0.1, -0.05) is 0 Å². The number of anilines is 1. The van der Waals surface area contributed by atoms with Crippen LogP contribution in [-0.2, 0) is 0 Å². The van der Waals surface area contributed by atoms with Crippen molar-refractivity contribution < 1.29 is 4.79 Å². The summed E-state index contributed by atoms with van der Waals surface area (Å²) in [6.45, 7) is 0.